The zero-order valence-electron chi connectivity index (χ0n) is 10.2. The summed E-state index contributed by atoms with van der Waals surface area (Å²) in [5, 5.41) is 1.12. The van der Waals surface area contributed by atoms with Gasteiger partial charge in [0.25, 0.3) is 5.91 Å². The first-order valence-corrected chi connectivity index (χ1v) is 6.13. The van der Waals surface area contributed by atoms with Gasteiger partial charge in [-0.05, 0) is 19.3 Å². The molecule has 0 N–H and O–H groups in total. The lowest BCUT2D eigenvalue weighted by Crippen LogP contribution is -2.35. The van der Waals surface area contributed by atoms with E-state index in [1.807, 2.05) is 6.92 Å². The van der Waals surface area contributed by atoms with Gasteiger partial charge in [0.1, 0.15) is 0 Å². The van der Waals surface area contributed by atoms with Crippen LogP contribution in [-0.2, 0) is 14.4 Å². The van der Waals surface area contributed by atoms with Crippen LogP contribution in [0.15, 0.2) is 0 Å². The van der Waals surface area contributed by atoms with Crippen molar-refractivity contribution in [3.8, 4) is 0 Å². The fraction of sp³-hybridized carbons (Fsp3) is 0.833. The highest BCUT2D eigenvalue weighted by atomic mass is 16.7. The van der Waals surface area contributed by atoms with E-state index in [1.54, 1.807) is 0 Å². The lowest BCUT2D eigenvalue weighted by molar-refractivity contribution is -0.195. The summed E-state index contributed by atoms with van der Waals surface area (Å²) in [6.07, 6.45) is 6.37. The molecular formula is C12H21NO3. The molecule has 0 unspecified atom stereocenters. The Hall–Kier alpha value is -1.06. The molecule has 4 heteroatoms. The molecule has 0 spiro atoms. The van der Waals surface area contributed by atoms with Crippen LogP contribution in [0.3, 0.4) is 0 Å². The third-order valence-electron chi connectivity index (χ3n) is 2.96. The maximum Gasteiger partial charge on any atom is 0.332 e. The zero-order valence-corrected chi connectivity index (χ0v) is 10.2. The van der Waals surface area contributed by atoms with Crippen LogP contribution in [-0.4, -0.2) is 24.0 Å². The second kappa shape index (κ2) is 6.51. The quantitative estimate of drug-likeness (QED) is 0.695. The number of carbonyl (C=O) groups excluding carboxylic acids is 2. The van der Waals surface area contributed by atoms with Crippen LogP contribution in [0, 0.1) is 5.92 Å². The Bertz CT molecular complexity index is 247. The molecule has 0 aromatic rings. The standard InChI is InChI=1S/C12H21NO3/c1-3-7-11(14)16-13(2)12(15)10-8-5-4-6-9-10/h10H,3-9H2,1-2H3. The van der Waals surface area contributed by atoms with Crippen molar-refractivity contribution in [2.75, 3.05) is 7.05 Å². The van der Waals surface area contributed by atoms with Crippen molar-refractivity contribution in [2.24, 2.45) is 5.92 Å². The van der Waals surface area contributed by atoms with Gasteiger partial charge in [-0.3, -0.25) is 4.79 Å². The maximum atomic E-state index is 11.9. The van der Waals surface area contributed by atoms with Crippen LogP contribution < -0.4 is 0 Å². The van der Waals surface area contributed by atoms with Crippen molar-refractivity contribution in [1.29, 1.82) is 0 Å². The SMILES string of the molecule is CCCC(=O)ON(C)C(=O)C1CCCCC1. The van der Waals surface area contributed by atoms with Crippen LogP contribution in [0.2, 0.25) is 0 Å². The highest BCUT2D eigenvalue weighted by Crippen LogP contribution is 2.25. The van der Waals surface area contributed by atoms with Crippen molar-refractivity contribution in [1.82, 2.24) is 5.06 Å². The zero-order chi connectivity index (χ0) is 12.0. The first-order valence-electron chi connectivity index (χ1n) is 6.13. The Kier molecular flexibility index (Phi) is 5.29. The topological polar surface area (TPSA) is 46.6 Å². The van der Waals surface area contributed by atoms with E-state index in [2.05, 4.69) is 0 Å². The van der Waals surface area contributed by atoms with Crippen molar-refractivity contribution in [3.05, 3.63) is 0 Å². The molecule has 0 saturated heterocycles. The predicted molar refractivity (Wildman–Crippen MR) is 60.3 cm³/mol. The number of hydrogen-bond donors (Lipinski definition) is 0. The second-order valence-electron chi connectivity index (χ2n) is 4.38. The molecule has 0 radical (unpaired) electrons. The molecule has 0 atom stereocenters. The minimum atomic E-state index is -0.325. The summed E-state index contributed by atoms with van der Waals surface area (Å²) >= 11 is 0. The van der Waals surface area contributed by atoms with Crippen LogP contribution in [0.4, 0.5) is 0 Å². The highest BCUT2D eigenvalue weighted by Gasteiger charge is 2.25. The lowest BCUT2D eigenvalue weighted by atomic mass is 9.89. The Morgan fingerprint density at radius 3 is 2.44 bits per heavy atom. The third-order valence-corrected chi connectivity index (χ3v) is 2.96. The van der Waals surface area contributed by atoms with Crippen LogP contribution in [0.5, 0.6) is 0 Å². The van der Waals surface area contributed by atoms with E-state index in [1.165, 1.54) is 13.5 Å². The summed E-state index contributed by atoms with van der Waals surface area (Å²) in [7, 11) is 1.53. The highest BCUT2D eigenvalue weighted by molar-refractivity contribution is 5.79. The molecule has 1 amide bonds. The fourth-order valence-electron chi connectivity index (χ4n) is 2.05. The number of hydroxylamine groups is 2. The van der Waals surface area contributed by atoms with E-state index in [4.69, 9.17) is 4.84 Å². The number of amides is 1. The summed E-state index contributed by atoms with van der Waals surface area (Å²) in [6, 6.07) is 0. The largest absolute Gasteiger partial charge is 0.338 e. The molecule has 1 fully saturated rings. The number of nitrogens with zero attached hydrogens (tertiary/aromatic N) is 1. The van der Waals surface area contributed by atoms with Crippen LogP contribution in [0.25, 0.3) is 0 Å². The number of hydrogen-bond acceptors (Lipinski definition) is 3. The Morgan fingerprint density at radius 1 is 1.25 bits per heavy atom. The van der Waals surface area contributed by atoms with Gasteiger partial charge < -0.3 is 4.84 Å². The average molecular weight is 227 g/mol. The molecule has 1 saturated carbocycles. The van der Waals surface area contributed by atoms with Gasteiger partial charge in [0.15, 0.2) is 0 Å². The molecule has 0 heterocycles. The van der Waals surface area contributed by atoms with E-state index >= 15 is 0 Å². The molecule has 0 aliphatic heterocycles. The molecule has 0 bridgehead atoms. The van der Waals surface area contributed by atoms with E-state index in [0.29, 0.717) is 6.42 Å². The van der Waals surface area contributed by atoms with E-state index < -0.39 is 0 Å². The molecule has 92 valence electrons. The summed E-state index contributed by atoms with van der Waals surface area (Å²) in [5.74, 6) is -0.327. The van der Waals surface area contributed by atoms with E-state index in [9.17, 15) is 9.59 Å². The minimum absolute atomic E-state index is 0.0492. The molecule has 16 heavy (non-hydrogen) atoms. The molecule has 0 aromatic carbocycles. The molecule has 1 aliphatic rings. The van der Waals surface area contributed by atoms with E-state index in [0.717, 1.165) is 37.2 Å². The summed E-state index contributed by atoms with van der Waals surface area (Å²) < 4.78 is 0. The van der Waals surface area contributed by atoms with Crippen LogP contribution in [0.1, 0.15) is 51.9 Å². The van der Waals surface area contributed by atoms with E-state index in [-0.39, 0.29) is 17.8 Å². The van der Waals surface area contributed by atoms with Gasteiger partial charge in [-0.25, -0.2) is 4.79 Å². The van der Waals surface area contributed by atoms with Gasteiger partial charge in [-0.1, -0.05) is 26.2 Å². The van der Waals surface area contributed by atoms with Gasteiger partial charge in [-0.2, -0.15) is 5.06 Å². The summed E-state index contributed by atoms with van der Waals surface area (Å²) in [4.78, 5) is 28.1. The monoisotopic (exact) mass is 227 g/mol. The Morgan fingerprint density at radius 2 is 1.88 bits per heavy atom. The van der Waals surface area contributed by atoms with Crippen LogP contribution >= 0.6 is 0 Å². The van der Waals surface area contributed by atoms with Crippen molar-refractivity contribution >= 4 is 11.9 Å². The lowest BCUT2D eigenvalue weighted by Gasteiger charge is -2.25. The summed E-state index contributed by atoms with van der Waals surface area (Å²) in [6.45, 7) is 1.91. The predicted octanol–water partition coefficient (Wildman–Crippen LogP) is 2.28. The molecular weight excluding hydrogens is 206 g/mol. The minimum Gasteiger partial charge on any atom is -0.338 e. The Labute approximate surface area is 96.9 Å². The fourth-order valence-corrected chi connectivity index (χ4v) is 2.05. The first kappa shape index (κ1) is 13.0. The molecule has 0 aromatic heterocycles. The van der Waals surface area contributed by atoms with Gasteiger partial charge in [-0.15, -0.1) is 0 Å². The second-order valence-corrected chi connectivity index (χ2v) is 4.38. The first-order chi connectivity index (χ1) is 7.65. The molecule has 4 nitrogen and oxygen atoms in total. The summed E-state index contributed by atoms with van der Waals surface area (Å²) in [5.41, 5.74) is 0. The number of carbonyl (C=O) groups is 2. The van der Waals surface area contributed by atoms with Gasteiger partial charge >= 0.3 is 5.97 Å². The third kappa shape index (κ3) is 3.83. The van der Waals surface area contributed by atoms with Crippen molar-refractivity contribution < 1.29 is 14.4 Å². The van der Waals surface area contributed by atoms with Crippen molar-refractivity contribution in [3.63, 3.8) is 0 Å². The van der Waals surface area contributed by atoms with Gasteiger partial charge in [0, 0.05) is 19.4 Å². The smallest absolute Gasteiger partial charge is 0.332 e. The maximum absolute atomic E-state index is 11.9. The Balaban J connectivity index is 2.37. The molecule has 1 aliphatic carbocycles. The average Bonchev–Trinajstić information content (AvgIpc) is 2.29. The van der Waals surface area contributed by atoms with Crippen molar-refractivity contribution in [2.45, 2.75) is 51.9 Å². The van der Waals surface area contributed by atoms with Gasteiger partial charge in [0.2, 0.25) is 0 Å². The normalized spacial score (nSPS) is 16.9. The van der Waals surface area contributed by atoms with Gasteiger partial charge in [0.05, 0.1) is 0 Å². The molecule has 1 rings (SSSR count). The number of rotatable bonds is 3.